The lowest BCUT2D eigenvalue weighted by molar-refractivity contribution is 0.415. The number of aromatic amines is 2. The average molecular weight is 219 g/mol. The summed E-state index contributed by atoms with van der Waals surface area (Å²) in [6.07, 6.45) is 0. The van der Waals surface area contributed by atoms with Crippen molar-refractivity contribution >= 4 is 0 Å². The zero-order chi connectivity index (χ0) is 11.5. The van der Waals surface area contributed by atoms with Gasteiger partial charge in [0.2, 0.25) is 0 Å². The van der Waals surface area contributed by atoms with Gasteiger partial charge in [-0.2, -0.15) is 0 Å². The van der Waals surface area contributed by atoms with Crippen molar-refractivity contribution in [3.63, 3.8) is 0 Å². The third-order valence-corrected chi connectivity index (χ3v) is 2.46. The van der Waals surface area contributed by atoms with E-state index in [0.29, 0.717) is 5.56 Å². The highest BCUT2D eigenvalue weighted by Gasteiger charge is 2.09. The Kier molecular flexibility index (Phi) is 2.78. The number of hydrogen-bond donors (Lipinski definition) is 3. The van der Waals surface area contributed by atoms with Crippen LogP contribution in [0.25, 0.3) is 11.3 Å². The molecule has 0 radical (unpaired) electrons. The Morgan fingerprint density at radius 2 is 1.94 bits per heavy atom. The normalized spacial score (nSPS) is 10.4. The molecule has 0 saturated carbocycles. The summed E-state index contributed by atoms with van der Waals surface area (Å²) in [6.45, 7) is 0.209. The molecule has 0 aliphatic heterocycles. The number of hydrogen-bond acceptors (Lipinski definition) is 3. The summed E-state index contributed by atoms with van der Waals surface area (Å²) in [5, 5.41) is 5.34. The molecule has 0 saturated heterocycles. The number of methoxy groups -OCH3 is 1. The number of nitrogens with two attached hydrogens (primary N) is 1. The number of H-pyrrole nitrogens is 2. The lowest BCUT2D eigenvalue weighted by Gasteiger charge is -2.02. The van der Waals surface area contributed by atoms with Crippen molar-refractivity contribution in [1.29, 1.82) is 0 Å². The molecule has 0 aliphatic carbocycles. The zero-order valence-electron chi connectivity index (χ0n) is 8.91. The highest BCUT2D eigenvalue weighted by atomic mass is 16.5. The number of rotatable bonds is 3. The van der Waals surface area contributed by atoms with Crippen molar-refractivity contribution in [1.82, 2.24) is 10.2 Å². The maximum atomic E-state index is 11.4. The number of ether oxygens (including phenoxy) is 1. The fourth-order valence-corrected chi connectivity index (χ4v) is 1.58. The molecular weight excluding hydrogens is 206 g/mol. The molecule has 5 heteroatoms. The molecule has 1 aromatic heterocycles. The van der Waals surface area contributed by atoms with Gasteiger partial charge in [0, 0.05) is 12.1 Å². The monoisotopic (exact) mass is 219 g/mol. The lowest BCUT2D eigenvalue weighted by Crippen LogP contribution is -2.10. The topological polar surface area (TPSA) is 83.9 Å². The molecule has 0 unspecified atom stereocenters. The molecule has 2 aromatic rings. The molecule has 0 amide bonds. The quantitative estimate of drug-likeness (QED) is 0.715. The Balaban J connectivity index is 2.46. The van der Waals surface area contributed by atoms with E-state index in [1.165, 1.54) is 0 Å². The number of aromatic nitrogens is 2. The number of nitrogens with one attached hydrogen (secondary N) is 2. The Bertz CT molecular complexity index is 525. The van der Waals surface area contributed by atoms with Gasteiger partial charge in [0.05, 0.1) is 18.4 Å². The van der Waals surface area contributed by atoms with E-state index in [0.717, 1.165) is 17.0 Å². The summed E-state index contributed by atoms with van der Waals surface area (Å²) in [4.78, 5) is 11.4. The van der Waals surface area contributed by atoms with Crippen molar-refractivity contribution in [2.75, 3.05) is 7.11 Å². The van der Waals surface area contributed by atoms with Crippen LogP contribution in [0.1, 0.15) is 5.56 Å². The molecule has 16 heavy (non-hydrogen) atoms. The van der Waals surface area contributed by atoms with E-state index < -0.39 is 0 Å². The molecule has 0 spiro atoms. The highest BCUT2D eigenvalue weighted by molar-refractivity contribution is 5.63. The van der Waals surface area contributed by atoms with Gasteiger partial charge in [0.1, 0.15) is 5.75 Å². The van der Waals surface area contributed by atoms with Crippen LogP contribution in [0.4, 0.5) is 0 Å². The third kappa shape index (κ3) is 1.72. The van der Waals surface area contributed by atoms with Crippen molar-refractivity contribution in [2.45, 2.75) is 6.54 Å². The molecule has 5 nitrogen and oxygen atoms in total. The van der Waals surface area contributed by atoms with Gasteiger partial charge in [-0.25, -0.2) is 0 Å². The molecule has 0 atom stereocenters. The highest BCUT2D eigenvalue weighted by Crippen LogP contribution is 2.21. The molecular formula is C11H13N3O2. The first-order valence-electron chi connectivity index (χ1n) is 4.90. The van der Waals surface area contributed by atoms with E-state index in [1.54, 1.807) is 7.11 Å². The van der Waals surface area contributed by atoms with Crippen molar-refractivity contribution in [3.05, 3.63) is 40.2 Å². The largest absolute Gasteiger partial charge is 0.497 e. The summed E-state index contributed by atoms with van der Waals surface area (Å²) < 4.78 is 5.06. The van der Waals surface area contributed by atoms with Crippen molar-refractivity contribution in [3.8, 4) is 17.0 Å². The molecule has 0 bridgehead atoms. The minimum atomic E-state index is -0.173. The standard InChI is InChI=1S/C11H13N3O2/c1-16-8-4-2-7(3-5-8)10-9(6-12)11(15)14-13-10/h2-5H,6,12H2,1H3,(H2,13,14,15). The van der Waals surface area contributed by atoms with Gasteiger partial charge >= 0.3 is 0 Å². The lowest BCUT2D eigenvalue weighted by atomic mass is 10.1. The average Bonchev–Trinajstić information content (AvgIpc) is 2.70. The second kappa shape index (κ2) is 4.24. The number of benzene rings is 1. The third-order valence-electron chi connectivity index (χ3n) is 2.46. The minimum Gasteiger partial charge on any atom is -0.497 e. The van der Waals surface area contributed by atoms with Crippen LogP contribution in [-0.2, 0) is 6.54 Å². The fourth-order valence-electron chi connectivity index (χ4n) is 1.58. The van der Waals surface area contributed by atoms with E-state index >= 15 is 0 Å². The van der Waals surface area contributed by atoms with Gasteiger partial charge in [-0.05, 0) is 24.3 Å². The Labute approximate surface area is 92.2 Å². The predicted octanol–water partition coefficient (Wildman–Crippen LogP) is 0.837. The molecule has 1 heterocycles. The van der Waals surface area contributed by atoms with Crippen LogP contribution in [0.5, 0.6) is 5.75 Å². The van der Waals surface area contributed by atoms with Crippen LogP contribution in [0.15, 0.2) is 29.1 Å². The summed E-state index contributed by atoms with van der Waals surface area (Å²) in [5.41, 5.74) is 7.55. The predicted molar refractivity (Wildman–Crippen MR) is 61.3 cm³/mol. The van der Waals surface area contributed by atoms with Gasteiger partial charge < -0.3 is 10.5 Å². The van der Waals surface area contributed by atoms with Gasteiger partial charge in [0.25, 0.3) is 5.56 Å². The van der Waals surface area contributed by atoms with Crippen molar-refractivity contribution < 1.29 is 4.74 Å². The van der Waals surface area contributed by atoms with E-state index in [4.69, 9.17) is 10.5 Å². The fraction of sp³-hybridized carbons (Fsp3) is 0.182. The molecule has 0 fully saturated rings. The van der Waals surface area contributed by atoms with E-state index in [1.807, 2.05) is 24.3 Å². The summed E-state index contributed by atoms with van der Waals surface area (Å²) in [6, 6.07) is 7.41. The van der Waals surface area contributed by atoms with Crippen LogP contribution in [0, 0.1) is 0 Å². The minimum absolute atomic E-state index is 0.173. The van der Waals surface area contributed by atoms with Crippen LogP contribution in [0.2, 0.25) is 0 Å². The SMILES string of the molecule is COc1ccc(-c2[nH][nH]c(=O)c2CN)cc1. The van der Waals surface area contributed by atoms with Crippen LogP contribution >= 0.6 is 0 Å². The molecule has 1 aromatic carbocycles. The Morgan fingerprint density at radius 3 is 2.50 bits per heavy atom. The first-order chi connectivity index (χ1) is 7.76. The summed E-state index contributed by atoms with van der Waals surface area (Å²) in [5.74, 6) is 0.774. The Hall–Kier alpha value is -2.01. The first-order valence-corrected chi connectivity index (χ1v) is 4.90. The molecule has 0 aliphatic rings. The first kappa shape index (κ1) is 10.5. The second-order valence-electron chi connectivity index (χ2n) is 3.37. The zero-order valence-corrected chi connectivity index (χ0v) is 8.91. The van der Waals surface area contributed by atoms with Gasteiger partial charge in [-0.3, -0.25) is 15.0 Å². The Morgan fingerprint density at radius 1 is 1.25 bits per heavy atom. The molecule has 4 N–H and O–H groups in total. The maximum absolute atomic E-state index is 11.4. The van der Waals surface area contributed by atoms with Gasteiger partial charge in [0.15, 0.2) is 0 Å². The van der Waals surface area contributed by atoms with Crippen molar-refractivity contribution in [2.24, 2.45) is 5.73 Å². The second-order valence-corrected chi connectivity index (χ2v) is 3.37. The van der Waals surface area contributed by atoms with E-state index in [2.05, 4.69) is 10.2 Å². The van der Waals surface area contributed by atoms with Gasteiger partial charge in [-0.1, -0.05) is 0 Å². The summed E-state index contributed by atoms with van der Waals surface area (Å²) >= 11 is 0. The molecule has 84 valence electrons. The smallest absolute Gasteiger partial charge is 0.269 e. The molecule has 2 rings (SSSR count). The van der Waals surface area contributed by atoms with E-state index in [-0.39, 0.29) is 12.1 Å². The van der Waals surface area contributed by atoms with E-state index in [9.17, 15) is 4.79 Å². The van der Waals surface area contributed by atoms with Crippen LogP contribution < -0.4 is 16.0 Å². The van der Waals surface area contributed by atoms with Crippen LogP contribution in [-0.4, -0.2) is 17.3 Å². The maximum Gasteiger partial charge on any atom is 0.269 e. The summed E-state index contributed by atoms with van der Waals surface area (Å²) in [7, 11) is 1.61. The van der Waals surface area contributed by atoms with Crippen LogP contribution in [0.3, 0.4) is 0 Å². The van der Waals surface area contributed by atoms with Gasteiger partial charge in [-0.15, -0.1) is 0 Å².